The highest BCUT2D eigenvalue weighted by atomic mass is 79.9. The van der Waals surface area contributed by atoms with Crippen LogP contribution in [0, 0.1) is 0 Å². The van der Waals surface area contributed by atoms with Gasteiger partial charge in [-0.3, -0.25) is 0 Å². The Kier molecular flexibility index (Phi) is 8.64. The molecule has 1 saturated carbocycles. The Hall–Kier alpha value is 0.830. The van der Waals surface area contributed by atoms with Crippen LogP contribution in [-0.4, -0.2) is 0 Å². The van der Waals surface area contributed by atoms with E-state index in [0.29, 0.717) is 0 Å². The van der Waals surface area contributed by atoms with Gasteiger partial charge in [-0.15, -0.1) is 11.1 Å². The van der Waals surface area contributed by atoms with Crippen molar-refractivity contribution < 1.29 is 0 Å². The molecule has 0 nitrogen and oxygen atoms in total. The van der Waals surface area contributed by atoms with Gasteiger partial charge in [0.25, 0.3) is 0 Å². The standard InChI is InChI=1S/C6H12.BrHS/c1-2-4-6-5-3-1;1-2/h1-6H2;2H. The van der Waals surface area contributed by atoms with Gasteiger partial charge in [-0.25, -0.2) is 0 Å². The van der Waals surface area contributed by atoms with Crippen molar-refractivity contribution >= 4 is 25.9 Å². The van der Waals surface area contributed by atoms with Gasteiger partial charge in [0, 0.05) is 0 Å². The quantitative estimate of drug-likeness (QED) is 0.564. The number of hydrogen-bond donors (Lipinski definition) is 1. The first kappa shape index (κ1) is 8.83. The van der Waals surface area contributed by atoms with Crippen LogP contribution >= 0.6 is 25.9 Å². The SMILES string of the molecule is C1CCCCC1.SBr. The largest absolute Gasteiger partial charge is 0.101 e. The molecule has 0 heterocycles. The lowest BCUT2D eigenvalue weighted by molar-refractivity contribution is 0.504. The van der Waals surface area contributed by atoms with Crippen molar-refractivity contribution in [2.45, 2.75) is 38.5 Å². The molecule has 0 saturated heterocycles. The van der Waals surface area contributed by atoms with Crippen LogP contribution in [0.3, 0.4) is 0 Å². The Bertz CT molecular complexity index is 24.0. The minimum absolute atomic E-state index is 1.50. The predicted molar refractivity (Wildman–Crippen MR) is 45.6 cm³/mol. The molecule has 1 fully saturated rings. The van der Waals surface area contributed by atoms with Gasteiger partial charge in [-0.1, -0.05) is 38.5 Å². The number of hydrogen-bond acceptors (Lipinski definition) is 1. The van der Waals surface area contributed by atoms with E-state index >= 15 is 0 Å². The third kappa shape index (κ3) is 4.98. The zero-order chi connectivity index (χ0) is 6.24. The minimum Gasteiger partial charge on any atom is -0.101 e. The summed E-state index contributed by atoms with van der Waals surface area (Å²) >= 11 is 5.97. The van der Waals surface area contributed by atoms with Crippen LogP contribution in [0.15, 0.2) is 0 Å². The number of thiol groups is 1. The van der Waals surface area contributed by atoms with Crippen LogP contribution in [0.25, 0.3) is 0 Å². The second-order valence-corrected chi connectivity index (χ2v) is 2.12. The molecule has 2 heteroatoms. The van der Waals surface area contributed by atoms with Gasteiger partial charge in [0.2, 0.25) is 0 Å². The third-order valence-corrected chi connectivity index (χ3v) is 1.50. The molecule has 0 radical (unpaired) electrons. The molecule has 0 spiro atoms. The fraction of sp³-hybridized carbons (Fsp3) is 1.00. The summed E-state index contributed by atoms with van der Waals surface area (Å²) in [5.41, 5.74) is 0. The topological polar surface area (TPSA) is 0 Å². The molecule has 0 aromatic rings. The Morgan fingerprint density at radius 2 is 0.750 bits per heavy atom. The van der Waals surface area contributed by atoms with E-state index in [0.717, 1.165) is 0 Å². The Labute approximate surface area is 64.7 Å². The highest BCUT2D eigenvalue weighted by Gasteiger charge is 1.95. The lowest BCUT2D eigenvalue weighted by Crippen LogP contribution is -1.85. The number of rotatable bonds is 0. The van der Waals surface area contributed by atoms with E-state index in [1.807, 2.05) is 0 Å². The predicted octanol–water partition coefficient (Wildman–Crippen LogP) is 3.57. The van der Waals surface area contributed by atoms with Crippen LogP contribution in [0.5, 0.6) is 0 Å². The summed E-state index contributed by atoms with van der Waals surface area (Å²) in [7, 11) is 0. The molecular formula is C6H13BrS. The maximum absolute atomic E-state index is 3.34. The number of halogens is 1. The molecule has 8 heavy (non-hydrogen) atoms. The lowest BCUT2D eigenvalue weighted by atomic mass is 10.0. The smallest absolute Gasteiger partial charge is 0.0148 e. The van der Waals surface area contributed by atoms with E-state index in [1.54, 1.807) is 0 Å². The summed E-state index contributed by atoms with van der Waals surface area (Å²) in [6.07, 6.45) is 9.00. The summed E-state index contributed by atoms with van der Waals surface area (Å²) in [6, 6.07) is 0. The molecule has 1 aliphatic rings. The van der Waals surface area contributed by atoms with Crippen LogP contribution in [0.1, 0.15) is 38.5 Å². The van der Waals surface area contributed by atoms with Crippen molar-refractivity contribution in [1.82, 2.24) is 0 Å². The molecule has 0 bridgehead atoms. The van der Waals surface area contributed by atoms with Gasteiger partial charge in [0.1, 0.15) is 0 Å². The Morgan fingerprint density at radius 3 is 0.875 bits per heavy atom. The van der Waals surface area contributed by atoms with E-state index in [-0.39, 0.29) is 0 Å². The normalized spacial score (nSPS) is 18.8. The summed E-state index contributed by atoms with van der Waals surface area (Å²) in [5, 5.41) is 0. The summed E-state index contributed by atoms with van der Waals surface area (Å²) in [5.74, 6) is 0. The van der Waals surface area contributed by atoms with Gasteiger partial charge in [-0.05, 0) is 14.8 Å². The maximum atomic E-state index is 3.34. The van der Waals surface area contributed by atoms with Crippen LogP contribution in [-0.2, 0) is 0 Å². The zero-order valence-corrected chi connectivity index (χ0v) is 7.55. The van der Waals surface area contributed by atoms with Crippen molar-refractivity contribution in [2.24, 2.45) is 0 Å². The molecule has 0 aliphatic heterocycles. The molecule has 50 valence electrons. The summed E-state index contributed by atoms with van der Waals surface area (Å²) in [6.45, 7) is 0. The van der Waals surface area contributed by atoms with Gasteiger partial charge < -0.3 is 0 Å². The monoisotopic (exact) mass is 196 g/mol. The highest BCUT2D eigenvalue weighted by molar-refractivity contribution is 9.46. The fourth-order valence-electron chi connectivity index (χ4n) is 1.06. The van der Waals surface area contributed by atoms with E-state index in [4.69, 9.17) is 0 Å². The van der Waals surface area contributed by atoms with E-state index in [9.17, 15) is 0 Å². The van der Waals surface area contributed by atoms with E-state index < -0.39 is 0 Å². The molecule has 0 unspecified atom stereocenters. The minimum atomic E-state index is 1.50. The van der Waals surface area contributed by atoms with Gasteiger partial charge >= 0.3 is 0 Å². The first-order valence-corrected chi connectivity index (χ1v) is 5.63. The van der Waals surface area contributed by atoms with Crippen molar-refractivity contribution in [1.29, 1.82) is 0 Å². The average Bonchev–Trinajstić information content (AvgIpc) is 1.96. The first-order valence-electron chi connectivity index (χ1n) is 3.17. The molecule has 0 aromatic carbocycles. The molecule has 0 atom stereocenters. The molecule has 1 rings (SSSR count). The van der Waals surface area contributed by atoms with Crippen LogP contribution in [0.2, 0.25) is 0 Å². The molecule has 1 aliphatic carbocycles. The van der Waals surface area contributed by atoms with E-state index in [1.165, 1.54) is 38.5 Å². The second-order valence-electron chi connectivity index (χ2n) is 2.12. The summed E-state index contributed by atoms with van der Waals surface area (Å²) < 4.78 is 0. The molecule has 0 N–H and O–H groups in total. The second kappa shape index (κ2) is 7.83. The van der Waals surface area contributed by atoms with Gasteiger partial charge in [0.15, 0.2) is 0 Å². The van der Waals surface area contributed by atoms with Gasteiger partial charge in [0.05, 0.1) is 0 Å². The highest BCUT2D eigenvalue weighted by Crippen LogP contribution is 2.15. The van der Waals surface area contributed by atoms with Gasteiger partial charge in [-0.2, -0.15) is 0 Å². The Morgan fingerprint density at radius 1 is 0.625 bits per heavy atom. The first-order chi connectivity index (χ1) is 4.00. The fourth-order valence-corrected chi connectivity index (χ4v) is 1.06. The average molecular weight is 197 g/mol. The van der Waals surface area contributed by atoms with Crippen molar-refractivity contribution in [3.8, 4) is 0 Å². The van der Waals surface area contributed by atoms with Crippen LogP contribution < -0.4 is 0 Å². The van der Waals surface area contributed by atoms with Crippen molar-refractivity contribution in [2.75, 3.05) is 0 Å². The van der Waals surface area contributed by atoms with Crippen molar-refractivity contribution in [3.63, 3.8) is 0 Å². The Balaban J connectivity index is 0.000000222. The third-order valence-electron chi connectivity index (χ3n) is 1.50. The zero-order valence-electron chi connectivity index (χ0n) is 5.07. The van der Waals surface area contributed by atoms with Crippen molar-refractivity contribution in [3.05, 3.63) is 0 Å². The summed E-state index contributed by atoms with van der Waals surface area (Å²) in [4.78, 5) is 0. The maximum Gasteiger partial charge on any atom is -0.0148 e. The van der Waals surface area contributed by atoms with E-state index in [2.05, 4.69) is 25.9 Å². The molecular weight excluding hydrogens is 184 g/mol. The van der Waals surface area contributed by atoms with Crippen LogP contribution in [0.4, 0.5) is 0 Å². The molecule has 0 aromatic heterocycles. The molecule has 0 amide bonds. The lowest BCUT2D eigenvalue weighted by Gasteiger charge is -2.05.